The van der Waals surface area contributed by atoms with Crippen molar-refractivity contribution in [2.45, 2.75) is 38.8 Å². The molecule has 3 rings (SSSR count). The second kappa shape index (κ2) is 6.03. The Labute approximate surface area is 142 Å². The molecule has 0 radical (unpaired) electrons. The summed E-state index contributed by atoms with van der Waals surface area (Å²) in [6.45, 7) is 6.54. The summed E-state index contributed by atoms with van der Waals surface area (Å²) < 4.78 is 7.43. The second-order valence-electron chi connectivity index (χ2n) is 6.80. The maximum atomic E-state index is 12.8. The van der Waals surface area contributed by atoms with Crippen molar-refractivity contribution in [1.82, 2.24) is 9.78 Å². The monoisotopic (exact) mass is 328 g/mol. The van der Waals surface area contributed by atoms with E-state index in [1.165, 1.54) is 0 Å². The molecular formula is C18H24N4O2. The Morgan fingerprint density at radius 3 is 2.88 bits per heavy atom. The van der Waals surface area contributed by atoms with Crippen LogP contribution in [0.15, 0.2) is 42.7 Å². The molecule has 1 heterocycles. The van der Waals surface area contributed by atoms with Gasteiger partial charge in [-0.2, -0.15) is 5.10 Å². The van der Waals surface area contributed by atoms with Gasteiger partial charge in [-0.1, -0.05) is 19.9 Å². The number of benzene rings is 1. The van der Waals surface area contributed by atoms with Crippen LogP contribution in [0.25, 0.3) is 5.69 Å². The molecule has 1 aliphatic carbocycles. The van der Waals surface area contributed by atoms with E-state index < -0.39 is 11.0 Å². The lowest BCUT2D eigenvalue weighted by molar-refractivity contribution is -0.166. The van der Waals surface area contributed by atoms with Gasteiger partial charge in [0.25, 0.3) is 0 Å². The van der Waals surface area contributed by atoms with Gasteiger partial charge >= 0.3 is 0 Å². The highest BCUT2D eigenvalue weighted by Gasteiger charge is 2.62. The van der Waals surface area contributed by atoms with Gasteiger partial charge in [0.2, 0.25) is 5.91 Å². The fourth-order valence-corrected chi connectivity index (χ4v) is 3.21. The van der Waals surface area contributed by atoms with Crippen molar-refractivity contribution in [1.29, 1.82) is 0 Å². The molecule has 24 heavy (non-hydrogen) atoms. The lowest BCUT2D eigenvalue weighted by Crippen LogP contribution is -2.74. The molecule has 0 bridgehead atoms. The average molecular weight is 328 g/mol. The van der Waals surface area contributed by atoms with Gasteiger partial charge < -0.3 is 15.8 Å². The highest BCUT2D eigenvalue weighted by Crippen LogP contribution is 2.50. The number of nitrogens with two attached hydrogens (primary N) is 1. The summed E-state index contributed by atoms with van der Waals surface area (Å²) in [5.41, 5.74) is 6.65. The SMILES string of the molecule is CCOC1CC(N)(C(=O)Nc2cccc(-n3cccn3)c2)C1(C)C. The molecule has 1 aromatic carbocycles. The van der Waals surface area contributed by atoms with Gasteiger partial charge in [0.1, 0.15) is 5.54 Å². The van der Waals surface area contributed by atoms with Gasteiger partial charge in [-0.25, -0.2) is 4.68 Å². The van der Waals surface area contributed by atoms with Crippen molar-refractivity contribution in [3.63, 3.8) is 0 Å². The van der Waals surface area contributed by atoms with E-state index in [2.05, 4.69) is 10.4 Å². The number of anilines is 1. The van der Waals surface area contributed by atoms with E-state index >= 15 is 0 Å². The summed E-state index contributed by atoms with van der Waals surface area (Å²) in [6.07, 6.45) is 4.10. The molecule has 0 spiro atoms. The lowest BCUT2D eigenvalue weighted by atomic mass is 9.54. The van der Waals surface area contributed by atoms with Gasteiger partial charge in [-0.05, 0) is 31.2 Å². The van der Waals surface area contributed by atoms with Crippen LogP contribution in [-0.2, 0) is 9.53 Å². The molecule has 0 aliphatic heterocycles. The Morgan fingerprint density at radius 2 is 2.25 bits per heavy atom. The maximum absolute atomic E-state index is 12.8. The minimum absolute atomic E-state index is 0.00802. The maximum Gasteiger partial charge on any atom is 0.245 e. The molecule has 2 atom stereocenters. The third-order valence-corrected chi connectivity index (χ3v) is 5.11. The Morgan fingerprint density at radius 1 is 1.46 bits per heavy atom. The van der Waals surface area contributed by atoms with Crippen LogP contribution < -0.4 is 11.1 Å². The number of nitrogens with one attached hydrogen (secondary N) is 1. The van der Waals surface area contributed by atoms with Crippen molar-refractivity contribution in [3.05, 3.63) is 42.7 Å². The predicted octanol–water partition coefficient (Wildman–Crippen LogP) is 2.34. The number of rotatable bonds is 5. The molecule has 2 unspecified atom stereocenters. The van der Waals surface area contributed by atoms with Crippen LogP contribution >= 0.6 is 0 Å². The van der Waals surface area contributed by atoms with Crippen molar-refractivity contribution in [2.24, 2.45) is 11.1 Å². The number of nitrogens with zero attached hydrogens (tertiary/aromatic N) is 2. The summed E-state index contributed by atoms with van der Waals surface area (Å²) >= 11 is 0. The zero-order valence-corrected chi connectivity index (χ0v) is 14.3. The first-order valence-electron chi connectivity index (χ1n) is 8.20. The van der Waals surface area contributed by atoms with E-state index in [1.54, 1.807) is 10.9 Å². The van der Waals surface area contributed by atoms with E-state index in [1.807, 2.05) is 57.3 Å². The number of carbonyl (C=O) groups excluding carboxylic acids is 1. The number of ether oxygens (including phenoxy) is 1. The fourth-order valence-electron chi connectivity index (χ4n) is 3.21. The van der Waals surface area contributed by atoms with Crippen LogP contribution in [0.5, 0.6) is 0 Å². The number of amides is 1. The quantitative estimate of drug-likeness (QED) is 0.882. The first-order chi connectivity index (χ1) is 11.4. The van der Waals surface area contributed by atoms with Gasteiger partial charge in [0.05, 0.1) is 11.8 Å². The van der Waals surface area contributed by atoms with Crippen LogP contribution in [0.4, 0.5) is 5.69 Å². The molecule has 1 aromatic heterocycles. The molecule has 1 aliphatic rings. The Balaban J connectivity index is 1.75. The summed E-state index contributed by atoms with van der Waals surface area (Å²) in [6, 6.07) is 9.38. The minimum Gasteiger partial charge on any atom is -0.378 e. The smallest absolute Gasteiger partial charge is 0.245 e. The zero-order valence-electron chi connectivity index (χ0n) is 14.3. The molecule has 6 nitrogen and oxygen atoms in total. The minimum atomic E-state index is -0.936. The molecular weight excluding hydrogens is 304 g/mol. The van der Waals surface area contributed by atoms with E-state index in [0.717, 1.165) is 5.69 Å². The average Bonchev–Trinajstić information content (AvgIpc) is 3.09. The summed E-state index contributed by atoms with van der Waals surface area (Å²) in [5.74, 6) is -0.180. The molecule has 2 aromatic rings. The topological polar surface area (TPSA) is 82.2 Å². The van der Waals surface area contributed by atoms with Gasteiger partial charge in [-0.15, -0.1) is 0 Å². The van der Waals surface area contributed by atoms with Crippen LogP contribution in [0, 0.1) is 5.41 Å². The predicted molar refractivity (Wildman–Crippen MR) is 92.9 cm³/mol. The van der Waals surface area contributed by atoms with E-state index in [-0.39, 0.29) is 12.0 Å². The zero-order chi connectivity index (χ0) is 17.4. The Bertz CT molecular complexity index is 726. The number of aromatic nitrogens is 2. The Kier molecular flexibility index (Phi) is 4.19. The number of hydrogen-bond donors (Lipinski definition) is 2. The molecule has 6 heteroatoms. The first-order valence-corrected chi connectivity index (χ1v) is 8.20. The Hall–Kier alpha value is -2.18. The highest BCUT2D eigenvalue weighted by atomic mass is 16.5. The van der Waals surface area contributed by atoms with Crippen LogP contribution in [-0.4, -0.2) is 33.9 Å². The van der Waals surface area contributed by atoms with Crippen LogP contribution in [0.3, 0.4) is 0 Å². The normalized spacial score (nSPS) is 25.1. The molecule has 1 saturated carbocycles. The van der Waals surface area contributed by atoms with Crippen molar-refractivity contribution in [2.75, 3.05) is 11.9 Å². The lowest BCUT2D eigenvalue weighted by Gasteiger charge is -2.57. The van der Waals surface area contributed by atoms with E-state index in [9.17, 15) is 4.79 Å². The van der Waals surface area contributed by atoms with Crippen LogP contribution in [0.2, 0.25) is 0 Å². The van der Waals surface area contributed by atoms with Crippen molar-refractivity contribution >= 4 is 11.6 Å². The van der Waals surface area contributed by atoms with E-state index in [0.29, 0.717) is 18.7 Å². The van der Waals surface area contributed by atoms with Crippen LogP contribution in [0.1, 0.15) is 27.2 Å². The van der Waals surface area contributed by atoms with Crippen molar-refractivity contribution < 1.29 is 9.53 Å². The first kappa shape index (κ1) is 16.7. The largest absolute Gasteiger partial charge is 0.378 e. The summed E-state index contributed by atoms with van der Waals surface area (Å²) in [4.78, 5) is 12.8. The van der Waals surface area contributed by atoms with Gasteiger partial charge in [0, 0.05) is 36.5 Å². The summed E-state index contributed by atoms with van der Waals surface area (Å²) in [5, 5.41) is 7.14. The molecule has 1 fully saturated rings. The molecule has 3 N–H and O–H groups in total. The van der Waals surface area contributed by atoms with E-state index in [4.69, 9.17) is 10.5 Å². The van der Waals surface area contributed by atoms with Gasteiger partial charge in [-0.3, -0.25) is 4.79 Å². The third kappa shape index (κ3) is 2.61. The third-order valence-electron chi connectivity index (χ3n) is 5.11. The summed E-state index contributed by atoms with van der Waals surface area (Å²) in [7, 11) is 0. The van der Waals surface area contributed by atoms with Gasteiger partial charge in [0.15, 0.2) is 0 Å². The molecule has 128 valence electrons. The highest BCUT2D eigenvalue weighted by molar-refractivity contribution is 6.00. The second-order valence-corrected chi connectivity index (χ2v) is 6.80. The number of hydrogen-bond acceptors (Lipinski definition) is 4. The van der Waals surface area contributed by atoms with Crippen molar-refractivity contribution in [3.8, 4) is 5.69 Å². The fraction of sp³-hybridized carbons (Fsp3) is 0.444. The molecule has 1 amide bonds. The molecule has 0 saturated heterocycles. The standard InChI is InChI=1S/C18H24N4O2/c1-4-24-15-12-18(19,17(15,2)3)16(23)21-13-7-5-8-14(11-13)22-10-6-9-20-22/h5-11,15H,4,12,19H2,1-3H3,(H,21,23). The number of carbonyl (C=O) groups is 1.